The summed E-state index contributed by atoms with van der Waals surface area (Å²) in [7, 11) is -7.95. The Morgan fingerprint density at radius 3 is 2.15 bits per heavy atom. The van der Waals surface area contributed by atoms with E-state index >= 15 is 0 Å². The summed E-state index contributed by atoms with van der Waals surface area (Å²) >= 11 is 6.13. The van der Waals surface area contributed by atoms with Gasteiger partial charge in [-0.25, -0.2) is 18.6 Å². The van der Waals surface area contributed by atoms with E-state index in [9.17, 15) is 16.8 Å². The van der Waals surface area contributed by atoms with Crippen LogP contribution in [0.4, 0.5) is 0 Å². The van der Waals surface area contributed by atoms with Gasteiger partial charge in [-0.05, 0) is 48.7 Å². The second kappa shape index (κ2) is 12.7. The lowest BCUT2D eigenvalue weighted by molar-refractivity contribution is 0.376. The summed E-state index contributed by atoms with van der Waals surface area (Å²) in [4.78, 5) is 1.67. The van der Waals surface area contributed by atoms with Gasteiger partial charge < -0.3 is 4.90 Å². The molecule has 5 rings (SSSR count). The fourth-order valence-corrected chi connectivity index (χ4v) is 6.73. The van der Waals surface area contributed by atoms with E-state index in [2.05, 4.69) is 4.40 Å². The van der Waals surface area contributed by atoms with Crippen molar-refractivity contribution in [3.8, 4) is 0 Å². The third-order valence-corrected chi connectivity index (χ3v) is 9.74. The molecule has 0 spiro atoms. The molecule has 1 saturated heterocycles. The number of likely N-dealkylation sites (tertiary alicyclic amines) is 1. The predicted octanol–water partition coefficient (Wildman–Crippen LogP) is 4.59. The van der Waals surface area contributed by atoms with Crippen LogP contribution in [0.1, 0.15) is 42.9 Å². The first-order valence-electron chi connectivity index (χ1n) is 13.4. The number of benzene rings is 3. The van der Waals surface area contributed by atoms with Crippen LogP contribution >= 0.6 is 11.6 Å². The summed E-state index contributed by atoms with van der Waals surface area (Å²) in [6.07, 6.45) is 0.256. The maximum Gasteiger partial charge on any atom is 0.285 e. The highest BCUT2D eigenvalue weighted by molar-refractivity contribution is 7.90. The Kier molecular flexibility index (Phi) is 9.53. The van der Waals surface area contributed by atoms with Gasteiger partial charge in [0.15, 0.2) is 0 Å². The zero-order valence-electron chi connectivity index (χ0n) is 23.2. The van der Waals surface area contributed by atoms with Crippen LogP contribution in [-0.2, 0) is 20.0 Å². The van der Waals surface area contributed by atoms with Crippen LogP contribution in [0.5, 0.6) is 0 Å². The third-order valence-electron chi connectivity index (χ3n) is 6.90. The molecule has 0 aliphatic carbocycles. The normalized spacial score (nSPS) is 19.5. The standard InChI is InChI=1S/C27H28ClN5O4S2.C2H6/c1-19-7-13-23(14-8-19)39(36,37)31-27(32-16-15-24(17-32)38(29,34)35)33-18-25(20-5-3-2-4-6-20)26(30-33)21-9-11-22(28)12-10-21;1-2/h2-14,24-25H,15-18H2,1H3,(H2,29,34,35);1-2H3/b31-27-;. The summed E-state index contributed by atoms with van der Waals surface area (Å²) < 4.78 is 55.3. The van der Waals surface area contributed by atoms with Crippen LogP contribution in [0.25, 0.3) is 0 Å². The van der Waals surface area contributed by atoms with Crippen molar-refractivity contribution in [1.82, 2.24) is 9.91 Å². The Hall–Kier alpha value is -3.25. The minimum atomic E-state index is -4.14. The summed E-state index contributed by atoms with van der Waals surface area (Å²) in [6, 6.07) is 23.5. The van der Waals surface area contributed by atoms with Crippen LogP contribution < -0.4 is 5.14 Å². The molecule has 3 aromatic carbocycles. The lowest BCUT2D eigenvalue weighted by Gasteiger charge is -2.26. The number of hydrazone groups is 1. The average molecular weight is 616 g/mol. The van der Waals surface area contributed by atoms with Crippen molar-refractivity contribution >= 4 is 43.3 Å². The van der Waals surface area contributed by atoms with Gasteiger partial charge in [0.05, 0.1) is 22.4 Å². The molecule has 2 N–H and O–H groups in total. The first-order valence-corrected chi connectivity index (χ1v) is 16.8. The molecule has 0 saturated carbocycles. The topological polar surface area (TPSA) is 126 Å². The Labute approximate surface area is 247 Å². The van der Waals surface area contributed by atoms with Crippen LogP contribution in [0.3, 0.4) is 0 Å². The molecule has 2 unspecified atom stereocenters. The van der Waals surface area contributed by atoms with Gasteiger partial charge in [0.1, 0.15) is 0 Å². The Morgan fingerprint density at radius 1 is 0.927 bits per heavy atom. The molecule has 2 heterocycles. The molecule has 0 bridgehead atoms. The molecule has 2 atom stereocenters. The molecule has 2 aliphatic rings. The Balaban J connectivity index is 0.00000189. The lowest BCUT2D eigenvalue weighted by atomic mass is 9.91. The van der Waals surface area contributed by atoms with Gasteiger partial charge in [0.2, 0.25) is 16.0 Å². The van der Waals surface area contributed by atoms with Gasteiger partial charge in [-0.3, -0.25) is 0 Å². The number of aryl methyl sites for hydroxylation is 1. The lowest BCUT2D eigenvalue weighted by Crippen LogP contribution is -2.42. The number of rotatable bonds is 5. The zero-order chi connectivity index (χ0) is 29.8. The van der Waals surface area contributed by atoms with Crippen molar-refractivity contribution in [2.24, 2.45) is 14.6 Å². The second-order valence-electron chi connectivity index (χ2n) is 9.66. The van der Waals surface area contributed by atoms with Gasteiger partial charge in [-0.1, -0.05) is 85.6 Å². The molecule has 12 heteroatoms. The summed E-state index contributed by atoms with van der Waals surface area (Å²) in [5.74, 6) is -0.136. The van der Waals surface area contributed by atoms with E-state index in [4.69, 9.17) is 21.8 Å². The van der Waals surface area contributed by atoms with Crippen LogP contribution in [-0.4, -0.2) is 63.3 Å². The van der Waals surface area contributed by atoms with E-state index in [-0.39, 0.29) is 36.3 Å². The predicted molar refractivity (Wildman–Crippen MR) is 164 cm³/mol. The van der Waals surface area contributed by atoms with Gasteiger partial charge in [-0.2, -0.15) is 13.5 Å². The first kappa shape index (κ1) is 30.7. The first-order chi connectivity index (χ1) is 19.5. The van der Waals surface area contributed by atoms with Crippen molar-refractivity contribution in [2.75, 3.05) is 19.6 Å². The molecule has 218 valence electrons. The monoisotopic (exact) mass is 615 g/mol. The summed E-state index contributed by atoms with van der Waals surface area (Å²) in [5, 5.41) is 11.6. The SMILES string of the molecule is CC.Cc1ccc(S(=O)(=O)/N=C(/N2CCC(S(N)(=O)=O)C2)N2CC(c3ccccc3)C(c3ccc(Cl)cc3)=N2)cc1. The third kappa shape index (κ3) is 7.16. The highest BCUT2D eigenvalue weighted by atomic mass is 35.5. The number of nitrogens with two attached hydrogens (primary N) is 1. The van der Waals surface area contributed by atoms with Gasteiger partial charge in [-0.15, -0.1) is 4.40 Å². The fourth-order valence-electron chi connectivity index (χ4n) is 4.77. The smallest absolute Gasteiger partial charge is 0.285 e. The molecule has 0 radical (unpaired) electrons. The Morgan fingerprint density at radius 2 is 1.56 bits per heavy atom. The highest BCUT2D eigenvalue weighted by Gasteiger charge is 2.39. The number of sulfonamides is 2. The highest BCUT2D eigenvalue weighted by Crippen LogP contribution is 2.31. The van der Waals surface area contributed by atoms with Crippen molar-refractivity contribution in [3.05, 3.63) is 101 Å². The molecular weight excluding hydrogens is 582 g/mol. The second-order valence-corrected chi connectivity index (χ2v) is 13.5. The number of halogens is 1. The number of hydrogen-bond donors (Lipinski definition) is 1. The minimum Gasteiger partial charge on any atom is -0.339 e. The summed E-state index contributed by atoms with van der Waals surface area (Å²) in [6.45, 7) is 6.45. The van der Waals surface area contributed by atoms with Crippen molar-refractivity contribution in [2.45, 2.75) is 43.3 Å². The van der Waals surface area contributed by atoms with Crippen LogP contribution in [0, 0.1) is 6.92 Å². The number of nitrogens with zero attached hydrogens (tertiary/aromatic N) is 4. The van der Waals surface area contributed by atoms with E-state index in [0.717, 1.165) is 22.4 Å². The maximum atomic E-state index is 13.4. The molecule has 1 fully saturated rings. The van der Waals surface area contributed by atoms with Gasteiger partial charge >= 0.3 is 0 Å². The van der Waals surface area contributed by atoms with Gasteiger partial charge in [0, 0.05) is 24.0 Å². The molecule has 3 aromatic rings. The number of hydrogen-bond acceptors (Lipinski definition) is 5. The van der Waals surface area contributed by atoms with Crippen LogP contribution in [0.2, 0.25) is 5.02 Å². The zero-order valence-corrected chi connectivity index (χ0v) is 25.6. The van der Waals surface area contributed by atoms with Crippen molar-refractivity contribution in [1.29, 1.82) is 0 Å². The molecule has 0 amide bonds. The Bertz CT molecular complexity index is 1630. The van der Waals surface area contributed by atoms with E-state index in [0.29, 0.717) is 11.6 Å². The fraction of sp³-hybridized carbons (Fsp3) is 0.310. The van der Waals surface area contributed by atoms with E-state index in [1.54, 1.807) is 34.2 Å². The molecule has 0 aromatic heterocycles. The quantitative estimate of drug-likeness (QED) is 0.331. The average Bonchev–Trinajstić information content (AvgIpc) is 3.63. The van der Waals surface area contributed by atoms with E-state index in [1.165, 1.54) is 12.1 Å². The molecular formula is C29H34ClN5O4S2. The summed E-state index contributed by atoms with van der Waals surface area (Å²) in [5.41, 5.74) is 3.47. The number of primary sulfonamides is 1. The number of guanidine groups is 1. The van der Waals surface area contributed by atoms with Crippen LogP contribution in [0.15, 0.2) is 93.3 Å². The van der Waals surface area contributed by atoms with E-state index in [1.807, 2.05) is 63.2 Å². The van der Waals surface area contributed by atoms with Gasteiger partial charge in [0.25, 0.3) is 10.0 Å². The molecule has 9 nitrogen and oxygen atoms in total. The minimum absolute atomic E-state index is 0.0133. The van der Waals surface area contributed by atoms with Crippen molar-refractivity contribution in [3.63, 3.8) is 0 Å². The van der Waals surface area contributed by atoms with Crippen molar-refractivity contribution < 1.29 is 16.8 Å². The largest absolute Gasteiger partial charge is 0.339 e. The maximum absolute atomic E-state index is 13.4. The molecule has 2 aliphatic heterocycles. The van der Waals surface area contributed by atoms with E-state index < -0.39 is 25.3 Å². The molecule has 41 heavy (non-hydrogen) atoms.